The highest BCUT2D eigenvalue weighted by atomic mass is 16.5. The van der Waals surface area contributed by atoms with Gasteiger partial charge in [0.25, 0.3) is 5.91 Å². The molecule has 0 bridgehead atoms. The molecule has 4 nitrogen and oxygen atoms in total. The van der Waals surface area contributed by atoms with Crippen LogP contribution in [-0.4, -0.2) is 36.2 Å². The monoisotopic (exact) mass is 325 g/mol. The van der Waals surface area contributed by atoms with Crippen molar-refractivity contribution in [2.24, 2.45) is 0 Å². The number of hydrogen-bond acceptors (Lipinski definition) is 3. The van der Waals surface area contributed by atoms with Crippen molar-refractivity contribution in [3.8, 4) is 5.75 Å². The quantitative estimate of drug-likeness (QED) is 0.888. The lowest BCUT2D eigenvalue weighted by molar-refractivity contribution is 0.0706. The summed E-state index contributed by atoms with van der Waals surface area (Å²) in [5.41, 5.74) is 4.26. The van der Waals surface area contributed by atoms with Crippen molar-refractivity contribution in [1.29, 1.82) is 0 Å². The molecule has 1 aliphatic carbocycles. The molecule has 0 aliphatic heterocycles. The molecule has 2 aromatic carbocycles. The second kappa shape index (κ2) is 7.49. The molecule has 0 radical (unpaired) electrons. The van der Waals surface area contributed by atoms with E-state index in [0.29, 0.717) is 18.7 Å². The van der Waals surface area contributed by atoms with Gasteiger partial charge in [0.15, 0.2) is 0 Å². The van der Waals surface area contributed by atoms with Crippen LogP contribution in [0.4, 0.5) is 0 Å². The van der Waals surface area contributed by atoms with Gasteiger partial charge in [-0.15, -0.1) is 0 Å². The van der Waals surface area contributed by atoms with Gasteiger partial charge in [-0.05, 0) is 48.6 Å². The zero-order valence-electron chi connectivity index (χ0n) is 14.0. The van der Waals surface area contributed by atoms with Crippen molar-refractivity contribution < 1.29 is 14.6 Å². The summed E-state index contributed by atoms with van der Waals surface area (Å²) in [7, 11) is 1.62. The fourth-order valence-corrected chi connectivity index (χ4v) is 3.30. The van der Waals surface area contributed by atoms with Gasteiger partial charge >= 0.3 is 0 Å². The summed E-state index contributed by atoms with van der Waals surface area (Å²) < 4.78 is 5.37. The van der Waals surface area contributed by atoms with Crippen LogP contribution in [0.5, 0.6) is 5.75 Å². The third-order valence-electron chi connectivity index (χ3n) is 4.56. The average molecular weight is 325 g/mol. The molecule has 126 valence electrons. The molecular weight excluding hydrogens is 302 g/mol. The van der Waals surface area contributed by atoms with E-state index in [1.807, 2.05) is 36.4 Å². The van der Waals surface area contributed by atoms with Gasteiger partial charge in [-0.1, -0.05) is 24.3 Å². The molecule has 24 heavy (non-hydrogen) atoms. The van der Waals surface area contributed by atoms with Crippen molar-refractivity contribution in [1.82, 2.24) is 4.90 Å². The fourth-order valence-electron chi connectivity index (χ4n) is 3.30. The van der Waals surface area contributed by atoms with E-state index >= 15 is 0 Å². The molecule has 1 N–H and O–H groups in total. The van der Waals surface area contributed by atoms with Crippen molar-refractivity contribution >= 4 is 5.91 Å². The molecular formula is C20H23NO3. The SMILES string of the molecule is COc1ccccc1CN(CCO)C(=O)c1ccc2c(c1)CCC2. The summed E-state index contributed by atoms with van der Waals surface area (Å²) in [6.07, 6.45) is 3.31. The fraction of sp³-hybridized carbons (Fsp3) is 0.350. The van der Waals surface area contributed by atoms with Crippen LogP contribution in [0.25, 0.3) is 0 Å². The van der Waals surface area contributed by atoms with Crippen LogP contribution in [0.15, 0.2) is 42.5 Å². The standard InChI is InChI=1S/C20H23NO3/c1-24-19-8-3-2-5-18(19)14-21(11-12-22)20(23)17-10-9-15-6-4-7-16(15)13-17/h2-3,5,8-10,13,22H,4,6-7,11-12,14H2,1H3. The van der Waals surface area contributed by atoms with E-state index in [4.69, 9.17) is 4.74 Å². The lowest BCUT2D eigenvalue weighted by atomic mass is 10.1. The molecule has 2 aromatic rings. The Morgan fingerprint density at radius 2 is 1.96 bits per heavy atom. The number of benzene rings is 2. The van der Waals surface area contributed by atoms with Crippen LogP contribution >= 0.6 is 0 Å². The van der Waals surface area contributed by atoms with Crippen LogP contribution in [0, 0.1) is 0 Å². The number of aliphatic hydroxyl groups is 1. The van der Waals surface area contributed by atoms with Crippen molar-refractivity contribution in [3.05, 3.63) is 64.7 Å². The number of aliphatic hydroxyl groups excluding tert-OH is 1. The summed E-state index contributed by atoms with van der Waals surface area (Å²) in [5.74, 6) is 0.701. The maximum Gasteiger partial charge on any atom is 0.254 e. The van der Waals surface area contributed by atoms with Gasteiger partial charge in [0, 0.05) is 24.2 Å². The Labute approximate surface area is 142 Å². The van der Waals surface area contributed by atoms with Crippen molar-refractivity contribution in [2.45, 2.75) is 25.8 Å². The minimum Gasteiger partial charge on any atom is -0.496 e. The van der Waals surface area contributed by atoms with E-state index in [0.717, 1.165) is 30.6 Å². The van der Waals surface area contributed by atoms with Crippen LogP contribution in [-0.2, 0) is 19.4 Å². The summed E-state index contributed by atoms with van der Waals surface area (Å²) in [4.78, 5) is 14.6. The number of aryl methyl sites for hydroxylation is 2. The Hall–Kier alpha value is -2.33. The molecule has 0 unspecified atom stereocenters. The predicted molar refractivity (Wildman–Crippen MR) is 93.3 cm³/mol. The molecule has 0 spiro atoms. The Bertz CT molecular complexity index is 727. The van der Waals surface area contributed by atoms with Crippen LogP contribution < -0.4 is 4.74 Å². The van der Waals surface area contributed by atoms with Gasteiger partial charge in [0.1, 0.15) is 5.75 Å². The number of nitrogens with zero attached hydrogens (tertiary/aromatic N) is 1. The third kappa shape index (κ3) is 3.44. The number of carbonyl (C=O) groups excluding carboxylic acids is 1. The molecule has 4 heteroatoms. The minimum absolute atomic E-state index is 0.0512. The topological polar surface area (TPSA) is 49.8 Å². The summed E-state index contributed by atoms with van der Waals surface area (Å²) in [5, 5.41) is 9.37. The molecule has 0 atom stereocenters. The first-order valence-electron chi connectivity index (χ1n) is 8.36. The summed E-state index contributed by atoms with van der Waals surface area (Å²) >= 11 is 0. The lowest BCUT2D eigenvalue weighted by Crippen LogP contribution is -2.33. The highest BCUT2D eigenvalue weighted by Crippen LogP contribution is 2.24. The van der Waals surface area contributed by atoms with Gasteiger partial charge in [-0.3, -0.25) is 4.79 Å². The van der Waals surface area contributed by atoms with Gasteiger partial charge in [-0.2, -0.15) is 0 Å². The second-order valence-electron chi connectivity index (χ2n) is 6.10. The first-order chi connectivity index (χ1) is 11.7. The first kappa shape index (κ1) is 16.5. The van der Waals surface area contributed by atoms with E-state index in [9.17, 15) is 9.90 Å². The lowest BCUT2D eigenvalue weighted by Gasteiger charge is -2.23. The molecule has 1 aliphatic rings. The predicted octanol–water partition coefficient (Wildman–Crippen LogP) is 2.82. The number of para-hydroxylation sites is 1. The molecule has 0 fully saturated rings. The molecule has 0 saturated heterocycles. The molecule has 1 amide bonds. The molecule has 0 saturated carbocycles. The van der Waals surface area contributed by atoms with E-state index in [-0.39, 0.29) is 12.5 Å². The summed E-state index contributed by atoms with van der Waals surface area (Å²) in [6.45, 7) is 0.653. The number of hydrogen-bond donors (Lipinski definition) is 1. The largest absolute Gasteiger partial charge is 0.496 e. The smallest absolute Gasteiger partial charge is 0.254 e. The van der Waals surface area contributed by atoms with E-state index in [1.54, 1.807) is 12.0 Å². The zero-order valence-corrected chi connectivity index (χ0v) is 14.0. The number of fused-ring (bicyclic) bond motifs is 1. The number of amides is 1. The third-order valence-corrected chi connectivity index (χ3v) is 4.56. The number of rotatable bonds is 6. The van der Waals surface area contributed by atoms with Gasteiger partial charge in [0.05, 0.1) is 13.7 Å². The number of methoxy groups -OCH3 is 1. The Balaban J connectivity index is 1.83. The molecule has 0 heterocycles. The van der Waals surface area contributed by atoms with Gasteiger partial charge in [-0.25, -0.2) is 0 Å². The molecule has 3 rings (SSSR count). The van der Waals surface area contributed by atoms with E-state index in [2.05, 4.69) is 6.07 Å². The Morgan fingerprint density at radius 3 is 2.75 bits per heavy atom. The van der Waals surface area contributed by atoms with Gasteiger partial charge in [0.2, 0.25) is 0 Å². The van der Waals surface area contributed by atoms with Crippen LogP contribution in [0.1, 0.15) is 33.5 Å². The van der Waals surface area contributed by atoms with Crippen LogP contribution in [0.3, 0.4) is 0 Å². The number of carbonyl (C=O) groups is 1. The molecule has 0 aromatic heterocycles. The first-order valence-corrected chi connectivity index (χ1v) is 8.36. The summed E-state index contributed by atoms with van der Waals surface area (Å²) in [6, 6.07) is 13.6. The maximum absolute atomic E-state index is 12.9. The normalized spacial score (nSPS) is 12.8. The van der Waals surface area contributed by atoms with Crippen LogP contribution in [0.2, 0.25) is 0 Å². The van der Waals surface area contributed by atoms with Crippen molar-refractivity contribution in [3.63, 3.8) is 0 Å². The van der Waals surface area contributed by atoms with Gasteiger partial charge < -0.3 is 14.7 Å². The Kier molecular flexibility index (Phi) is 5.16. The Morgan fingerprint density at radius 1 is 1.17 bits per heavy atom. The minimum atomic E-state index is -0.0637. The van der Waals surface area contributed by atoms with E-state index in [1.165, 1.54) is 11.1 Å². The van der Waals surface area contributed by atoms with Crippen molar-refractivity contribution in [2.75, 3.05) is 20.3 Å². The second-order valence-corrected chi connectivity index (χ2v) is 6.10. The maximum atomic E-state index is 12.9. The number of ether oxygens (including phenoxy) is 1. The zero-order chi connectivity index (χ0) is 16.9. The van der Waals surface area contributed by atoms with E-state index < -0.39 is 0 Å². The highest BCUT2D eigenvalue weighted by Gasteiger charge is 2.19. The highest BCUT2D eigenvalue weighted by molar-refractivity contribution is 5.94. The average Bonchev–Trinajstić information content (AvgIpc) is 3.09.